The molecule has 0 radical (unpaired) electrons. The molecule has 3 aromatic rings. The van der Waals surface area contributed by atoms with Crippen molar-refractivity contribution in [2.75, 3.05) is 12.8 Å². The number of aliphatic hydroxyl groups excluding tert-OH is 1. The molecule has 0 saturated carbocycles. The van der Waals surface area contributed by atoms with Crippen molar-refractivity contribution in [2.45, 2.75) is 24.7 Å². The van der Waals surface area contributed by atoms with Crippen LogP contribution in [-0.2, 0) is 4.74 Å². The van der Waals surface area contributed by atoms with Gasteiger partial charge >= 0.3 is 0 Å². The fourth-order valence-electron chi connectivity index (χ4n) is 3.61. The summed E-state index contributed by atoms with van der Waals surface area (Å²) in [5.41, 5.74) is 0. The molecule has 3 atom stereocenters. The van der Waals surface area contributed by atoms with E-state index in [4.69, 9.17) is 9.47 Å². The number of hydrogen-bond acceptors (Lipinski definition) is 4. The van der Waals surface area contributed by atoms with E-state index in [0.717, 1.165) is 0 Å². The standard InChI is InChI=1S/C24H25O4P/c25-20-13-7-8-14-21(20)28-22-15-16-27-23(24(22)26)17-29(18-9-3-1-4-10-18)19-11-5-2-6-12-19/h1-14,22-26H,15-17H2/t22-,23-,24+/m1/s1. The lowest BCUT2D eigenvalue weighted by molar-refractivity contribution is -0.117. The smallest absolute Gasteiger partial charge is 0.161 e. The summed E-state index contributed by atoms with van der Waals surface area (Å²) in [5, 5.41) is 23.5. The first-order valence-corrected chi connectivity index (χ1v) is 11.4. The van der Waals surface area contributed by atoms with Crippen LogP contribution in [-0.4, -0.2) is 41.3 Å². The van der Waals surface area contributed by atoms with Gasteiger partial charge in [0.1, 0.15) is 12.2 Å². The van der Waals surface area contributed by atoms with Crippen molar-refractivity contribution in [3.8, 4) is 11.5 Å². The molecule has 5 heteroatoms. The van der Waals surface area contributed by atoms with Crippen LogP contribution in [0.5, 0.6) is 11.5 Å². The Labute approximate surface area is 172 Å². The summed E-state index contributed by atoms with van der Waals surface area (Å²) < 4.78 is 11.9. The predicted octanol–water partition coefficient (Wildman–Crippen LogP) is 3.42. The van der Waals surface area contributed by atoms with E-state index in [1.165, 1.54) is 10.6 Å². The first-order valence-electron chi connectivity index (χ1n) is 9.84. The van der Waals surface area contributed by atoms with Crippen LogP contribution in [0.1, 0.15) is 6.42 Å². The number of hydrogen-bond donors (Lipinski definition) is 2. The van der Waals surface area contributed by atoms with Gasteiger partial charge in [-0.2, -0.15) is 0 Å². The highest BCUT2D eigenvalue weighted by molar-refractivity contribution is 7.73. The molecular formula is C24H25O4P. The van der Waals surface area contributed by atoms with Gasteiger partial charge < -0.3 is 19.7 Å². The second-order valence-electron chi connectivity index (χ2n) is 7.09. The highest BCUT2D eigenvalue weighted by Crippen LogP contribution is 2.37. The SMILES string of the molecule is Oc1ccccc1O[C@@H]1CCO[C@H](CP(c2ccccc2)c2ccccc2)[C@H]1O. The van der Waals surface area contributed by atoms with Gasteiger partial charge in [0, 0.05) is 12.6 Å². The fraction of sp³-hybridized carbons (Fsp3) is 0.250. The molecule has 4 nitrogen and oxygen atoms in total. The number of phenols is 1. The molecule has 3 aromatic carbocycles. The average molecular weight is 408 g/mol. The van der Waals surface area contributed by atoms with E-state index in [1.54, 1.807) is 18.2 Å². The minimum Gasteiger partial charge on any atom is -0.504 e. The third-order valence-corrected chi connectivity index (χ3v) is 7.71. The summed E-state index contributed by atoms with van der Waals surface area (Å²) >= 11 is 0. The molecule has 1 aliphatic rings. The molecule has 0 aromatic heterocycles. The highest BCUT2D eigenvalue weighted by Gasteiger charge is 2.36. The largest absolute Gasteiger partial charge is 0.504 e. The van der Waals surface area contributed by atoms with E-state index < -0.39 is 20.1 Å². The van der Waals surface area contributed by atoms with E-state index in [9.17, 15) is 10.2 Å². The lowest BCUT2D eigenvalue weighted by atomic mass is 10.0. The number of rotatable bonds is 6. The van der Waals surface area contributed by atoms with Gasteiger partial charge in [-0.3, -0.25) is 0 Å². The van der Waals surface area contributed by atoms with E-state index >= 15 is 0 Å². The zero-order valence-corrected chi connectivity index (χ0v) is 17.0. The fourth-order valence-corrected chi connectivity index (χ4v) is 6.07. The number of benzene rings is 3. The van der Waals surface area contributed by atoms with Crippen molar-refractivity contribution in [3.63, 3.8) is 0 Å². The van der Waals surface area contributed by atoms with Crippen molar-refractivity contribution in [3.05, 3.63) is 84.9 Å². The van der Waals surface area contributed by atoms with Crippen molar-refractivity contribution in [1.82, 2.24) is 0 Å². The molecule has 2 N–H and O–H groups in total. The van der Waals surface area contributed by atoms with Gasteiger partial charge in [-0.05, 0) is 30.7 Å². The van der Waals surface area contributed by atoms with Crippen LogP contribution in [0.2, 0.25) is 0 Å². The maximum absolute atomic E-state index is 11.0. The molecule has 1 saturated heterocycles. The van der Waals surface area contributed by atoms with Gasteiger partial charge in [0.15, 0.2) is 11.5 Å². The Hall–Kier alpha value is -2.39. The van der Waals surface area contributed by atoms with E-state index in [-0.39, 0.29) is 11.9 Å². The molecule has 1 heterocycles. The van der Waals surface area contributed by atoms with Gasteiger partial charge in [0.05, 0.1) is 12.7 Å². The Morgan fingerprint density at radius 1 is 0.862 bits per heavy atom. The van der Waals surface area contributed by atoms with E-state index in [0.29, 0.717) is 24.9 Å². The topological polar surface area (TPSA) is 58.9 Å². The summed E-state index contributed by atoms with van der Waals surface area (Å²) in [4.78, 5) is 0. The summed E-state index contributed by atoms with van der Waals surface area (Å²) in [7, 11) is -0.675. The lowest BCUT2D eigenvalue weighted by Crippen LogP contribution is -2.49. The van der Waals surface area contributed by atoms with Crippen LogP contribution in [0.4, 0.5) is 0 Å². The van der Waals surface area contributed by atoms with Gasteiger partial charge in [-0.25, -0.2) is 0 Å². The van der Waals surface area contributed by atoms with Gasteiger partial charge in [0.2, 0.25) is 0 Å². The van der Waals surface area contributed by atoms with Crippen LogP contribution in [0.15, 0.2) is 84.9 Å². The zero-order valence-electron chi connectivity index (χ0n) is 16.1. The lowest BCUT2D eigenvalue weighted by Gasteiger charge is -2.36. The Morgan fingerprint density at radius 2 is 1.45 bits per heavy atom. The number of para-hydroxylation sites is 2. The average Bonchev–Trinajstić information content (AvgIpc) is 2.77. The number of aliphatic hydroxyl groups is 1. The van der Waals surface area contributed by atoms with E-state index in [1.807, 2.05) is 18.2 Å². The number of phenolic OH excluding ortho intramolecular Hbond substituents is 1. The maximum Gasteiger partial charge on any atom is 0.161 e. The summed E-state index contributed by atoms with van der Waals surface area (Å²) in [6.07, 6.45) is -0.205. The van der Waals surface area contributed by atoms with Crippen molar-refractivity contribution >= 4 is 18.5 Å². The molecule has 4 rings (SSSR count). The monoisotopic (exact) mass is 408 g/mol. The molecule has 0 spiro atoms. The van der Waals surface area contributed by atoms with Crippen LogP contribution in [0.25, 0.3) is 0 Å². The third-order valence-electron chi connectivity index (χ3n) is 5.14. The Balaban J connectivity index is 1.53. The zero-order chi connectivity index (χ0) is 20.1. The maximum atomic E-state index is 11.0. The van der Waals surface area contributed by atoms with Crippen molar-refractivity contribution in [1.29, 1.82) is 0 Å². The quantitative estimate of drug-likeness (QED) is 0.614. The normalized spacial score (nSPS) is 21.8. The Kier molecular flexibility index (Phi) is 6.46. The van der Waals surface area contributed by atoms with Crippen LogP contribution < -0.4 is 15.3 Å². The van der Waals surface area contributed by atoms with Gasteiger partial charge in [-0.15, -0.1) is 0 Å². The highest BCUT2D eigenvalue weighted by atomic mass is 31.1. The van der Waals surface area contributed by atoms with E-state index in [2.05, 4.69) is 48.5 Å². The third kappa shape index (κ3) is 4.79. The molecule has 150 valence electrons. The molecule has 1 aliphatic heterocycles. The Morgan fingerprint density at radius 3 is 2.07 bits per heavy atom. The van der Waals surface area contributed by atoms with Gasteiger partial charge in [-0.1, -0.05) is 72.8 Å². The number of ether oxygens (including phenoxy) is 2. The van der Waals surface area contributed by atoms with Crippen molar-refractivity contribution in [2.24, 2.45) is 0 Å². The first kappa shape index (κ1) is 19.9. The van der Waals surface area contributed by atoms with Gasteiger partial charge in [0.25, 0.3) is 0 Å². The molecule has 0 amide bonds. The molecule has 0 aliphatic carbocycles. The van der Waals surface area contributed by atoms with Crippen LogP contribution in [0.3, 0.4) is 0 Å². The van der Waals surface area contributed by atoms with Crippen molar-refractivity contribution < 1.29 is 19.7 Å². The summed E-state index contributed by atoms with van der Waals surface area (Å²) in [5.74, 6) is 0.476. The Bertz CT molecular complexity index is 864. The molecular weight excluding hydrogens is 383 g/mol. The van der Waals surface area contributed by atoms with Crippen LogP contribution >= 0.6 is 7.92 Å². The first-order chi connectivity index (χ1) is 14.2. The molecule has 29 heavy (non-hydrogen) atoms. The minimum absolute atomic E-state index is 0.0820. The second-order valence-corrected chi connectivity index (χ2v) is 9.35. The molecule has 1 fully saturated rings. The summed E-state index contributed by atoms with van der Waals surface area (Å²) in [6, 6.07) is 27.7. The number of aromatic hydroxyl groups is 1. The molecule has 0 bridgehead atoms. The minimum atomic E-state index is -0.763. The summed E-state index contributed by atoms with van der Waals surface area (Å²) in [6.45, 7) is 0.521. The second kappa shape index (κ2) is 9.41. The molecule has 0 unspecified atom stereocenters. The predicted molar refractivity (Wildman–Crippen MR) is 117 cm³/mol. The van der Waals surface area contributed by atoms with Crippen LogP contribution in [0, 0.1) is 0 Å².